The minimum atomic E-state index is -3.08. The van der Waals surface area contributed by atoms with E-state index in [4.69, 9.17) is 0 Å². The van der Waals surface area contributed by atoms with Crippen LogP contribution >= 0.6 is 15.9 Å². The fourth-order valence-corrected chi connectivity index (χ4v) is 2.11. The second-order valence-corrected chi connectivity index (χ2v) is 6.71. The molecule has 1 aromatic heterocycles. The summed E-state index contributed by atoms with van der Waals surface area (Å²) in [4.78, 5) is 15.4. The Labute approximate surface area is 103 Å². The predicted molar refractivity (Wildman–Crippen MR) is 65.4 cm³/mol. The van der Waals surface area contributed by atoms with Gasteiger partial charge in [0.1, 0.15) is 9.84 Å². The van der Waals surface area contributed by atoms with Crippen molar-refractivity contribution in [2.45, 2.75) is 20.4 Å². The van der Waals surface area contributed by atoms with E-state index in [0.29, 0.717) is 11.4 Å². The molecule has 1 heterocycles. The molecule has 16 heavy (non-hydrogen) atoms. The molecule has 5 nitrogen and oxygen atoms in total. The molecule has 0 atom stereocenters. The second kappa shape index (κ2) is 4.67. The molecule has 90 valence electrons. The summed E-state index contributed by atoms with van der Waals surface area (Å²) in [7, 11) is -3.08. The van der Waals surface area contributed by atoms with Crippen molar-refractivity contribution in [2.75, 3.05) is 12.0 Å². The number of aromatic nitrogens is 2. The van der Waals surface area contributed by atoms with Gasteiger partial charge in [-0.25, -0.2) is 13.2 Å². The smallest absolute Gasteiger partial charge is 0.294 e. The van der Waals surface area contributed by atoms with Gasteiger partial charge >= 0.3 is 5.69 Å². The van der Waals surface area contributed by atoms with Gasteiger partial charge in [-0.2, -0.15) is 4.98 Å². The molecule has 1 aromatic rings. The zero-order chi connectivity index (χ0) is 12.5. The molecule has 0 saturated carbocycles. The molecule has 0 N–H and O–H groups in total. The van der Waals surface area contributed by atoms with Gasteiger partial charge in [-0.05, 0) is 29.8 Å². The van der Waals surface area contributed by atoms with E-state index in [0.717, 1.165) is 10.7 Å². The first-order chi connectivity index (χ1) is 7.22. The quantitative estimate of drug-likeness (QED) is 0.823. The molecule has 0 aliphatic carbocycles. The third-order valence-corrected chi connectivity index (χ3v) is 4.29. The van der Waals surface area contributed by atoms with Crippen LogP contribution in [-0.4, -0.2) is 30.0 Å². The fraction of sp³-hybridized carbons (Fsp3) is 0.556. The Morgan fingerprint density at radius 1 is 1.38 bits per heavy atom. The molecule has 0 saturated heterocycles. The molecule has 0 unspecified atom stereocenters. The van der Waals surface area contributed by atoms with Gasteiger partial charge in [0.25, 0.3) is 0 Å². The average Bonchev–Trinajstić information content (AvgIpc) is 2.12. The molecule has 1 rings (SSSR count). The Balaban J connectivity index is 3.16. The van der Waals surface area contributed by atoms with Crippen molar-refractivity contribution in [1.29, 1.82) is 0 Å². The van der Waals surface area contributed by atoms with E-state index in [9.17, 15) is 13.2 Å². The first-order valence-electron chi connectivity index (χ1n) is 4.63. The predicted octanol–water partition coefficient (Wildman–Crippen LogP) is 0.667. The summed E-state index contributed by atoms with van der Waals surface area (Å²) < 4.78 is 24.2. The van der Waals surface area contributed by atoms with Gasteiger partial charge in [-0.1, -0.05) is 0 Å². The number of halogens is 1. The molecule has 7 heteroatoms. The van der Waals surface area contributed by atoms with Gasteiger partial charge in [0.15, 0.2) is 0 Å². The van der Waals surface area contributed by atoms with Gasteiger partial charge < -0.3 is 0 Å². The highest BCUT2D eigenvalue weighted by molar-refractivity contribution is 9.10. The Bertz CT molecular complexity index is 563. The maximum Gasteiger partial charge on any atom is 0.348 e. The van der Waals surface area contributed by atoms with Crippen LogP contribution in [0.3, 0.4) is 0 Å². The lowest BCUT2D eigenvalue weighted by atomic mass is 10.3. The van der Waals surface area contributed by atoms with Crippen molar-refractivity contribution >= 4 is 25.8 Å². The minimum absolute atomic E-state index is 0.0646. The van der Waals surface area contributed by atoms with E-state index in [1.54, 1.807) is 13.8 Å². The van der Waals surface area contributed by atoms with Crippen molar-refractivity contribution in [3.05, 3.63) is 26.3 Å². The van der Waals surface area contributed by atoms with Crippen molar-refractivity contribution in [1.82, 2.24) is 9.55 Å². The average molecular weight is 309 g/mol. The van der Waals surface area contributed by atoms with Crippen LogP contribution in [0.25, 0.3) is 0 Å². The highest BCUT2D eigenvalue weighted by Crippen LogP contribution is 2.16. The number of hydrogen-bond donors (Lipinski definition) is 0. The number of nitrogens with zero attached hydrogens (tertiary/aromatic N) is 2. The minimum Gasteiger partial charge on any atom is -0.294 e. The third-order valence-electron chi connectivity index (χ3n) is 2.22. The first-order valence-corrected chi connectivity index (χ1v) is 7.49. The Hall–Kier alpha value is -0.690. The SMILES string of the molecule is Cc1nc(=O)n(CCS(C)(=O)=O)c(C)c1Br. The van der Waals surface area contributed by atoms with Gasteiger partial charge in [-0.15, -0.1) is 0 Å². The number of hydrogen-bond acceptors (Lipinski definition) is 4. The van der Waals surface area contributed by atoms with Gasteiger partial charge in [-0.3, -0.25) is 4.57 Å². The summed E-state index contributed by atoms with van der Waals surface area (Å²) in [6.45, 7) is 3.61. The monoisotopic (exact) mass is 308 g/mol. The second-order valence-electron chi connectivity index (χ2n) is 3.66. The Morgan fingerprint density at radius 2 is 1.94 bits per heavy atom. The summed E-state index contributed by atoms with van der Waals surface area (Å²) in [5.74, 6) is -0.0646. The zero-order valence-electron chi connectivity index (χ0n) is 9.32. The molecule has 0 radical (unpaired) electrons. The highest BCUT2D eigenvalue weighted by atomic mass is 79.9. The Kier molecular flexibility index (Phi) is 3.90. The normalized spacial score (nSPS) is 11.8. The molecule has 0 aromatic carbocycles. The standard InChI is InChI=1S/C9H13BrN2O3S/c1-6-8(10)7(2)12(9(13)11-6)4-5-16(3,14)15/h4-5H2,1-3H3. The van der Waals surface area contributed by atoms with Crippen molar-refractivity contribution in [3.63, 3.8) is 0 Å². The van der Waals surface area contributed by atoms with Crippen LogP contribution in [0.2, 0.25) is 0 Å². The van der Waals surface area contributed by atoms with Crippen LogP contribution in [0, 0.1) is 13.8 Å². The summed E-state index contributed by atoms with van der Waals surface area (Å²) in [6, 6.07) is 0. The van der Waals surface area contributed by atoms with E-state index in [2.05, 4.69) is 20.9 Å². The molecule has 0 amide bonds. The summed E-state index contributed by atoms with van der Waals surface area (Å²) in [5, 5.41) is 0. The highest BCUT2D eigenvalue weighted by Gasteiger charge is 2.11. The van der Waals surface area contributed by atoms with Crippen molar-refractivity contribution in [2.24, 2.45) is 0 Å². The lowest BCUT2D eigenvalue weighted by Crippen LogP contribution is -2.29. The molecule has 0 spiro atoms. The lowest BCUT2D eigenvalue weighted by molar-refractivity contribution is 0.588. The lowest BCUT2D eigenvalue weighted by Gasteiger charge is -2.11. The van der Waals surface area contributed by atoms with Gasteiger partial charge in [0.05, 0.1) is 15.9 Å². The number of aryl methyl sites for hydroxylation is 1. The van der Waals surface area contributed by atoms with Crippen LogP contribution in [0.5, 0.6) is 0 Å². The molecular formula is C9H13BrN2O3S. The van der Waals surface area contributed by atoms with E-state index in [-0.39, 0.29) is 12.3 Å². The van der Waals surface area contributed by atoms with Crippen LogP contribution in [-0.2, 0) is 16.4 Å². The summed E-state index contributed by atoms with van der Waals surface area (Å²) in [5.41, 5.74) is 0.890. The Morgan fingerprint density at radius 3 is 2.44 bits per heavy atom. The van der Waals surface area contributed by atoms with Crippen molar-refractivity contribution in [3.8, 4) is 0 Å². The third kappa shape index (κ3) is 3.15. The van der Waals surface area contributed by atoms with Gasteiger partial charge in [0, 0.05) is 18.5 Å². The molecule has 0 bridgehead atoms. The number of rotatable bonds is 3. The molecular weight excluding hydrogens is 296 g/mol. The maximum atomic E-state index is 11.6. The van der Waals surface area contributed by atoms with Crippen molar-refractivity contribution < 1.29 is 8.42 Å². The zero-order valence-corrected chi connectivity index (χ0v) is 11.7. The van der Waals surface area contributed by atoms with Crippen LogP contribution < -0.4 is 5.69 Å². The van der Waals surface area contributed by atoms with Crippen LogP contribution in [0.4, 0.5) is 0 Å². The van der Waals surface area contributed by atoms with E-state index >= 15 is 0 Å². The largest absolute Gasteiger partial charge is 0.348 e. The maximum absolute atomic E-state index is 11.6. The fourth-order valence-electron chi connectivity index (χ4n) is 1.30. The van der Waals surface area contributed by atoms with Gasteiger partial charge in [0.2, 0.25) is 0 Å². The molecule has 0 aliphatic rings. The van der Waals surface area contributed by atoms with E-state index < -0.39 is 15.5 Å². The number of sulfone groups is 1. The summed E-state index contributed by atoms with van der Waals surface area (Å²) >= 11 is 3.31. The van der Waals surface area contributed by atoms with E-state index in [1.807, 2.05) is 0 Å². The molecule has 0 fully saturated rings. The van der Waals surface area contributed by atoms with Crippen LogP contribution in [0.15, 0.2) is 9.27 Å². The van der Waals surface area contributed by atoms with Crippen LogP contribution in [0.1, 0.15) is 11.4 Å². The van der Waals surface area contributed by atoms with E-state index in [1.165, 1.54) is 4.57 Å². The summed E-state index contributed by atoms with van der Waals surface area (Å²) in [6.07, 6.45) is 1.14. The topological polar surface area (TPSA) is 69.0 Å². The molecule has 0 aliphatic heterocycles. The first kappa shape index (κ1) is 13.4.